The number of imide groups is 1. The molecule has 0 aromatic heterocycles. The van der Waals surface area contributed by atoms with Crippen LogP contribution in [0.1, 0.15) is 18.1 Å². The minimum Gasteiger partial charge on any atom is -0.487 e. The highest BCUT2D eigenvalue weighted by Crippen LogP contribution is 2.34. The number of amides is 2. The molecular formula is C19H14FI2NO3S. The zero-order valence-electron chi connectivity index (χ0n) is 14.2. The molecule has 1 saturated heterocycles. The lowest BCUT2D eigenvalue weighted by atomic mass is 10.2. The summed E-state index contributed by atoms with van der Waals surface area (Å²) >= 11 is 5.29. The molecule has 27 heavy (non-hydrogen) atoms. The molecule has 8 heteroatoms. The second-order valence-electron chi connectivity index (χ2n) is 5.66. The fourth-order valence-electron chi connectivity index (χ4n) is 2.51. The molecule has 3 rings (SSSR count). The van der Waals surface area contributed by atoms with E-state index in [4.69, 9.17) is 4.74 Å². The topological polar surface area (TPSA) is 46.6 Å². The molecule has 0 radical (unpaired) electrons. The van der Waals surface area contributed by atoms with Crippen molar-refractivity contribution in [3.8, 4) is 5.75 Å². The average molecular weight is 609 g/mol. The van der Waals surface area contributed by atoms with Gasteiger partial charge < -0.3 is 4.74 Å². The Bertz CT molecular complexity index is 925. The summed E-state index contributed by atoms with van der Waals surface area (Å²) < 4.78 is 20.9. The van der Waals surface area contributed by atoms with Crippen LogP contribution in [0.2, 0.25) is 0 Å². The Labute approximate surface area is 187 Å². The van der Waals surface area contributed by atoms with Crippen LogP contribution in [-0.4, -0.2) is 22.6 Å². The number of hydrogen-bond acceptors (Lipinski definition) is 4. The van der Waals surface area contributed by atoms with E-state index in [9.17, 15) is 14.0 Å². The maximum atomic E-state index is 13.3. The van der Waals surface area contributed by atoms with Gasteiger partial charge in [-0.1, -0.05) is 12.1 Å². The van der Waals surface area contributed by atoms with Crippen molar-refractivity contribution in [1.82, 2.24) is 4.90 Å². The quantitative estimate of drug-likeness (QED) is 0.324. The van der Waals surface area contributed by atoms with Gasteiger partial charge in [0.25, 0.3) is 11.1 Å². The van der Waals surface area contributed by atoms with Crippen LogP contribution in [-0.2, 0) is 11.4 Å². The number of hydrogen-bond donors (Lipinski definition) is 0. The minimum absolute atomic E-state index is 0.242. The monoisotopic (exact) mass is 609 g/mol. The molecule has 0 unspecified atom stereocenters. The summed E-state index contributed by atoms with van der Waals surface area (Å²) in [5.74, 6) is 0.153. The zero-order valence-corrected chi connectivity index (χ0v) is 19.3. The Morgan fingerprint density at radius 3 is 2.48 bits per heavy atom. The lowest BCUT2D eigenvalue weighted by Crippen LogP contribution is -2.27. The molecule has 0 aliphatic carbocycles. The van der Waals surface area contributed by atoms with Gasteiger partial charge in [-0.25, -0.2) is 4.39 Å². The lowest BCUT2D eigenvalue weighted by Gasteiger charge is -2.12. The summed E-state index contributed by atoms with van der Waals surface area (Å²) in [5, 5.41) is -0.242. The van der Waals surface area contributed by atoms with E-state index in [1.165, 1.54) is 17.0 Å². The molecule has 0 N–H and O–H groups in total. The van der Waals surface area contributed by atoms with E-state index >= 15 is 0 Å². The molecule has 2 aromatic rings. The number of carbonyl (C=O) groups excluding carboxylic acids is 2. The largest absolute Gasteiger partial charge is 0.487 e. The molecule has 0 spiro atoms. The molecule has 2 amide bonds. The summed E-state index contributed by atoms with van der Waals surface area (Å²) in [4.78, 5) is 25.7. The molecule has 1 aliphatic heterocycles. The number of thioether (sulfide) groups is 1. The third-order valence-corrected chi connectivity index (χ3v) is 6.29. The molecule has 0 bridgehead atoms. The highest BCUT2D eigenvalue weighted by Gasteiger charge is 2.33. The SMILES string of the molecule is CCN1C(=O)S/C(=C/c2cc(I)c(OCc3cccc(F)c3)c(I)c2)C1=O. The second-order valence-corrected chi connectivity index (χ2v) is 8.98. The fraction of sp³-hybridized carbons (Fsp3) is 0.158. The second kappa shape index (κ2) is 8.91. The van der Waals surface area contributed by atoms with Crippen LogP contribution in [0.3, 0.4) is 0 Å². The van der Waals surface area contributed by atoms with E-state index in [1.807, 2.05) is 12.1 Å². The van der Waals surface area contributed by atoms with Crippen molar-refractivity contribution < 1.29 is 18.7 Å². The van der Waals surface area contributed by atoms with Gasteiger partial charge >= 0.3 is 0 Å². The van der Waals surface area contributed by atoms with Crippen LogP contribution in [0, 0.1) is 13.0 Å². The molecule has 2 aromatic carbocycles. The smallest absolute Gasteiger partial charge is 0.293 e. The van der Waals surface area contributed by atoms with Crippen LogP contribution in [0.15, 0.2) is 41.3 Å². The molecule has 0 saturated carbocycles. The van der Waals surface area contributed by atoms with Gasteiger partial charge in [-0.05, 0) is 105 Å². The van der Waals surface area contributed by atoms with Crippen molar-refractivity contribution in [2.45, 2.75) is 13.5 Å². The predicted molar refractivity (Wildman–Crippen MR) is 121 cm³/mol. The van der Waals surface area contributed by atoms with Gasteiger partial charge in [-0.3, -0.25) is 14.5 Å². The van der Waals surface area contributed by atoms with Crippen LogP contribution in [0.25, 0.3) is 6.08 Å². The maximum Gasteiger partial charge on any atom is 0.293 e. The van der Waals surface area contributed by atoms with Gasteiger partial charge in [0.1, 0.15) is 18.2 Å². The Balaban J connectivity index is 1.80. The van der Waals surface area contributed by atoms with Gasteiger partial charge in [0.15, 0.2) is 0 Å². The summed E-state index contributed by atoms with van der Waals surface area (Å²) in [6.07, 6.45) is 1.72. The van der Waals surface area contributed by atoms with Gasteiger partial charge in [0, 0.05) is 6.54 Å². The molecule has 1 heterocycles. The first-order valence-corrected chi connectivity index (χ1v) is 11.0. The predicted octanol–water partition coefficient (Wildman–Crippen LogP) is 5.67. The molecule has 4 nitrogen and oxygen atoms in total. The fourth-order valence-corrected chi connectivity index (χ4v) is 5.54. The van der Waals surface area contributed by atoms with Crippen molar-refractivity contribution in [2.24, 2.45) is 0 Å². The average Bonchev–Trinajstić information content (AvgIpc) is 2.87. The molecule has 140 valence electrons. The number of rotatable bonds is 5. The van der Waals surface area contributed by atoms with Gasteiger partial charge in [-0.15, -0.1) is 0 Å². The summed E-state index contributed by atoms with van der Waals surface area (Å²) in [6, 6.07) is 10.1. The van der Waals surface area contributed by atoms with E-state index in [-0.39, 0.29) is 23.6 Å². The maximum absolute atomic E-state index is 13.3. The molecular weight excluding hydrogens is 595 g/mol. The normalized spacial score (nSPS) is 15.7. The number of nitrogens with zero attached hydrogens (tertiary/aromatic N) is 1. The van der Waals surface area contributed by atoms with Crippen molar-refractivity contribution in [1.29, 1.82) is 0 Å². The number of carbonyl (C=O) groups is 2. The first-order chi connectivity index (χ1) is 12.9. The van der Waals surface area contributed by atoms with Crippen LogP contribution in [0.5, 0.6) is 5.75 Å². The summed E-state index contributed by atoms with van der Waals surface area (Å²) in [7, 11) is 0. The standard InChI is InChI=1S/C19H14FI2NO3S/c1-2-23-18(24)16(27-19(23)25)9-12-7-14(21)17(15(22)8-12)26-10-11-4-3-5-13(20)6-11/h3-9H,2,10H2,1H3/b16-9+. The van der Waals surface area contributed by atoms with Crippen molar-refractivity contribution >= 4 is 74.2 Å². The number of likely N-dealkylation sites (N-methyl/N-ethyl adjacent to an activating group) is 1. The Hall–Kier alpha value is -1.14. The molecule has 0 atom stereocenters. The van der Waals surface area contributed by atoms with Crippen molar-refractivity contribution in [3.05, 3.63) is 65.4 Å². The zero-order chi connectivity index (χ0) is 19.6. The van der Waals surface area contributed by atoms with Gasteiger partial charge in [0.2, 0.25) is 0 Å². The first kappa shape index (κ1) is 20.6. The van der Waals surface area contributed by atoms with E-state index in [0.29, 0.717) is 17.2 Å². The molecule has 1 fully saturated rings. The Morgan fingerprint density at radius 2 is 1.89 bits per heavy atom. The van der Waals surface area contributed by atoms with Crippen LogP contribution < -0.4 is 4.74 Å². The summed E-state index contributed by atoms with van der Waals surface area (Å²) in [5.41, 5.74) is 1.57. The van der Waals surface area contributed by atoms with Crippen LogP contribution >= 0.6 is 56.9 Å². The number of benzene rings is 2. The van der Waals surface area contributed by atoms with Gasteiger partial charge in [0.05, 0.1) is 12.0 Å². The van der Waals surface area contributed by atoms with E-state index in [0.717, 1.165) is 30.0 Å². The minimum atomic E-state index is -0.295. The third-order valence-electron chi connectivity index (χ3n) is 3.78. The van der Waals surface area contributed by atoms with Crippen molar-refractivity contribution in [3.63, 3.8) is 0 Å². The van der Waals surface area contributed by atoms with Gasteiger partial charge in [-0.2, -0.15) is 0 Å². The van der Waals surface area contributed by atoms with E-state index in [2.05, 4.69) is 45.2 Å². The van der Waals surface area contributed by atoms with Crippen LogP contribution in [0.4, 0.5) is 9.18 Å². The van der Waals surface area contributed by atoms with Crippen molar-refractivity contribution in [2.75, 3.05) is 6.54 Å². The first-order valence-electron chi connectivity index (χ1n) is 8.00. The van der Waals surface area contributed by atoms with E-state index < -0.39 is 0 Å². The Morgan fingerprint density at radius 1 is 1.19 bits per heavy atom. The lowest BCUT2D eigenvalue weighted by molar-refractivity contribution is -0.122. The highest BCUT2D eigenvalue weighted by atomic mass is 127. The number of halogens is 3. The van der Waals surface area contributed by atoms with E-state index in [1.54, 1.807) is 25.1 Å². The Kier molecular flexibility index (Phi) is 6.79. The highest BCUT2D eigenvalue weighted by molar-refractivity contribution is 14.1. The third kappa shape index (κ3) is 4.83. The number of ether oxygens (including phenoxy) is 1. The summed E-state index contributed by atoms with van der Waals surface area (Å²) in [6.45, 7) is 2.40. The molecule has 1 aliphatic rings.